The molecule has 6 heteroatoms. The second-order valence-electron chi connectivity index (χ2n) is 6.77. The van der Waals surface area contributed by atoms with Crippen molar-refractivity contribution in [3.8, 4) is 22.8 Å². The molecule has 0 fully saturated rings. The first-order chi connectivity index (χ1) is 14.6. The highest BCUT2D eigenvalue weighted by molar-refractivity contribution is 5.97. The predicted molar refractivity (Wildman–Crippen MR) is 112 cm³/mol. The molecule has 0 amide bonds. The van der Waals surface area contributed by atoms with E-state index < -0.39 is 5.97 Å². The van der Waals surface area contributed by atoms with Crippen molar-refractivity contribution in [1.82, 2.24) is 0 Å². The lowest BCUT2D eigenvalue weighted by Crippen LogP contribution is -2.12. The Morgan fingerprint density at radius 3 is 2.23 bits per heavy atom. The zero-order valence-corrected chi connectivity index (χ0v) is 16.6. The van der Waals surface area contributed by atoms with Crippen LogP contribution in [0.1, 0.15) is 36.0 Å². The Hall–Kier alpha value is -3.54. The van der Waals surface area contributed by atoms with Gasteiger partial charge in [0.1, 0.15) is 5.76 Å². The van der Waals surface area contributed by atoms with Gasteiger partial charge in [-0.25, -0.2) is 0 Å². The third-order valence-electron chi connectivity index (χ3n) is 4.51. The Labute approximate surface area is 175 Å². The number of aliphatic carboxylic acids is 1. The van der Waals surface area contributed by atoms with Crippen molar-refractivity contribution in [2.24, 2.45) is 0 Å². The third-order valence-corrected chi connectivity index (χ3v) is 4.51. The smallest absolute Gasteiger partial charge is 0.303 e. The van der Waals surface area contributed by atoms with Gasteiger partial charge in [-0.15, -0.1) is 0 Å². The number of unbranched alkanes of at least 4 members (excludes halogenated alkanes) is 2. The second kappa shape index (κ2) is 10.9. The van der Waals surface area contributed by atoms with E-state index >= 15 is 0 Å². The number of ketones is 1. The molecule has 0 spiro atoms. The molecule has 30 heavy (non-hydrogen) atoms. The molecule has 0 atom stereocenters. The van der Waals surface area contributed by atoms with E-state index in [0.717, 1.165) is 24.2 Å². The summed E-state index contributed by atoms with van der Waals surface area (Å²) in [6, 6.07) is 18.1. The van der Waals surface area contributed by atoms with Crippen LogP contribution in [0, 0.1) is 0 Å². The van der Waals surface area contributed by atoms with Gasteiger partial charge in [-0.05, 0) is 43.5 Å². The lowest BCUT2D eigenvalue weighted by Gasteiger charge is -2.12. The van der Waals surface area contributed by atoms with Gasteiger partial charge in [0.05, 0.1) is 12.9 Å². The van der Waals surface area contributed by atoms with Gasteiger partial charge in [-0.2, -0.15) is 0 Å². The summed E-state index contributed by atoms with van der Waals surface area (Å²) < 4.78 is 16.8. The highest BCUT2D eigenvalue weighted by Crippen LogP contribution is 2.27. The van der Waals surface area contributed by atoms with Gasteiger partial charge in [0.2, 0.25) is 0 Å². The van der Waals surface area contributed by atoms with Crippen molar-refractivity contribution in [1.29, 1.82) is 0 Å². The summed E-state index contributed by atoms with van der Waals surface area (Å²) in [6.07, 6.45) is 3.94. The van der Waals surface area contributed by atoms with Crippen molar-refractivity contribution < 1.29 is 28.6 Å². The van der Waals surface area contributed by atoms with E-state index in [1.54, 1.807) is 30.5 Å². The van der Waals surface area contributed by atoms with Crippen LogP contribution in [0.3, 0.4) is 0 Å². The number of ether oxygens (including phenoxy) is 2. The van der Waals surface area contributed by atoms with Gasteiger partial charge in [-0.1, -0.05) is 36.4 Å². The van der Waals surface area contributed by atoms with Crippen LogP contribution in [-0.2, 0) is 4.79 Å². The van der Waals surface area contributed by atoms with Crippen LogP contribution >= 0.6 is 0 Å². The molecule has 0 aliphatic heterocycles. The lowest BCUT2D eigenvalue weighted by atomic mass is 10.1. The summed E-state index contributed by atoms with van der Waals surface area (Å²) in [6.45, 7) is 0.362. The number of para-hydroxylation sites is 2. The van der Waals surface area contributed by atoms with Crippen LogP contribution < -0.4 is 9.47 Å². The van der Waals surface area contributed by atoms with Crippen LogP contribution in [0.4, 0.5) is 0 Å². The van der Waals surface area contributed by atoms with E-state index in [0.29, 0.717) is 30.1 Å². The van der Waals surface area contributed by atoms with Crippen molar-refractivity contribution in [2.45, 2.75) is 25.7 Å². The minimum absolute atomic E-state index is 0.0981. The molecule has 3 rings (SSSR count). The molecule has 0 unspecified atom stereocenters. The van der Waals surface area contributed by atoms with Crippen molar-refractivity contribution >= 4 is 11.8 Å². The van der Waals surface area contributed by atoms with Crippen LogP contribution in [-0.4, -0.2) is 30.1 Å². The minimum Gasteiger partial charge on any atom is -0.490 e. The molecule has 6 nitrogen and oxygen atoms in total. The Balaban J connectivity index is 1.49. The van der Waals surface area contributed by atoms with E-state index in [4.69, 9.17) is 19.0 Å². The van der Waals surface area contributed by atoms with Crippen LogP contribution in [0.2, 0.25) is 0 Å². The molecule has 0 radical (unpaired) electrons. The number of Topliss-reactive ketones (excluding diaryl/α,β-unsaturated/α-hetero) is 1. The summed E-state index contributed by atoms with van der Waals surface area (Å²) in [7, 11) is 0. The van der Waals surface area contributed by atoms with Crippen molar-refractivity contribution in [2.75, 3.05) is 13.2 Å². The first-order valence-electron chi connectivity index (χ1n) is 9.87. The van der Waals surface area contributed by atoms with Gasteiger partial charge < -0.3 is 19.0 Å². The van der Waals surface area contributed by atoms with Gasteiger partial charge in [-0.3, -0.25) is 9.59 Å². The van der Waals surface area contributed by atoms with Crippen LogP contribution in [0.25, 0.3) is 11.3 Å². The average Bonchev–Trinajstić information content (AvgIpc) is 3.30. The number of carbonyl (C=O) groups is 2. The molecular weight excluding hydrogens is 384 g/mol. The van der Waals surface area contributed by atoms with E-state index in [2.05, 4.69) is 0 Å². The molecule has 3 aromatic rings. The van der Waals surface area contributed by atoms with Gasteiger partial charge >= 0.3 is 5.97 Å². The molecule has 0 aliphatic rings. The molecule has 0 aliphatic carbocycles. The average molecular weight is 408 g/mol. The summed E-state index contributed by atoms with van der Waals surface area (Å²) >= 11 is 0. The van der Waals surface area contributed by atoms with E-state index in [9.17, 15) is 9.59 Å². The molecule has 1 aromatic heterocycles. The normalized spacial score (nSPS) is 10.5. The Bertz CT molecular complexity index is 944. The number of carbonyl (C=O) groups excluding carboxylic acids is 1. The Morgan fingerprint density at radius 1 is 0.833 bits per heavy atom. The summed E-state index contributed by atoms with van der Waals surface area (Å²) in [5.74, 6) is 0.902. The molecule has 0 saturated heterocycles. The highest BCUT2D eigenvalue weighted by atomic mass is 16.5. The molecular formula is C24H24O6. The number of hydrogen-bond acceptors (Lipinski definition) is 5. The van der Waals surface area contributed by atoms with E-state index in [1.165, 1.54) is 0 Å². The standard InChI is InChI=1S/C24H24O6/c25-20(18-11-13-19(14-12-18)21-9-6-16-28-21)17-30-23-8-4-3-7-22(23)29-15-5-1-2-10-24(26)27/h3-4,6-9,11-14,16H,1-2,5,10,15,17H2,(H,26,27). The van der Waals surface area contributed by atoms with Crippen LogP contribution in [0.5, 0.6) is 11.5 Å². The summed E-state index contributed by atoms with van der Waals surface area (Å²) in [5, 5.41) is 8.65. The SMILES string of the molecule is O=C(O)CCCCCOc1ccccc1OCC(=O)c1ccc(-c2ccco2)cc1. The molecule has 1 heterocycles. The fourth-order valence-electron chi connectivity index (χ4n) is 2.92. The monoisotopic (exact) mass is 408 g/mol. The largest absolute Gasteiger partial charge is 0.490 e. The van der Waals surface area contributed by atoms with E-state index in [1.807, 2.05) is 36.4 Å². The molecule has 0 saturated carbocycles. The second-order valence-corrected chi connectivity index (χ2v) is 6.77. The Morgan fingerprint density at radius 2 is 1.57 bits per heavy atom. The van der Waals surface area contributed by atoms with Gasteiger partial charge in [0.25, 0.3) is 0 Å². The van der Waals surface area contributed by atoms with Crippen molar-refractivity contribution in [3.63, 3.8) is 0 Å². The lowest BCUT2D eigenvalue weighted by molar-refractivity contribution is -0.137. The van der Waals surface area contributed by atoms with Crippen molar-refractivity contribution in [3.05, 3.63) is 72.5 Å². The maximum absolute atomic E-state index is 12.5. The Kier molecular flexibility index (Phi) is 7.66. The third kappa shape index (κ3) is 6.24. The van der Waals surface area contributed by atoms with Crippen LogP contribution in [0.15, 0.2) is 71.3 Å². The number of furan rings is 1. The number of benzene rings is 2. The van der Waals surface area contributed by atoms with E-state index in [-0.39, 0.29) is 18.8 Å². The number of hydrogen-bond donors (Lipinski definition) is 1. The predicted octanol–water partition coefficient (Wildman–Crippen LogP) is 5.23. The zero-order valence-electron chi connectivity index (χ0n) is 16.6. The highest BCUT2D eigenvalue weighted by Gasteiger charge is 2.11. The quantitative estimate of drug-likeness (QED) is 0.326. The number of carboxylic acids is 1. The fourth-order valence-corrected chi connectivity index (χ4v) is 2.92. The summed E-state index contributed by atoms with van der Waals surface area (Å²) in [5.41, 5.74) is 1.46. The molecule has 0 bridgehead atoms. The maximum Gasteiger partial charge on any atom is 0.303 e. The molecule has 2 aromatic carbocycles. The first kappa shape index (κ1) is 21.2. The summed E-state index contributed by atoms with van der Waals surface area (Å²) in [4.78, 5) is 23.0. The fraction of sp³-hybridized carbons (Fsp3) is 0.250. The molecule has 1 N–H and O–H groups in total. The first-order valence-corrected chi connectivity index (χ1v) is 9.87. The van der Waals surface area contributed by atoms with Gasteiger partial charge in [0, 0.05) is 17.5 Å². The zero-order chi connectivity index (χ0) is 21.2. The minimum atomic E-state index is -0.782. The number of carboxylic acid groups (broad SMARTS) is 1. The number of rotatable bonds is 12. The van der Waals surface area contributed by atoms with Gasteiger partial charge in [0.15, 0.2) is 23.9 Å². The molecule has 156 valence electrons. The maximum atomic E-state index is 12.5. The topological polar surface area (TPSA) is 86.0 Å².